The number of benzene rings is 2. The second kappa shape index (κ2) is 5.62. The van der Waals surface area contributed by atoms with Crippen molar-refractivity contribution >= 4 is 0 Å². The minimum absolute atomic E-state index is 0.576. The molecule has 2 rings (SSSR count). The summed E-state index contributed by atoms with van der Waals surface area (Å²) in [4.78, 5) is 0. The molecule has 0 atom stereocenters. The molecule has 0 aliphatic rings. The molecule has 0 aliphatic heterocycles. The summed E-state index contributed by atoms with van der Waals surface area (Å²) < 4.78 is 0. The molecule has 88 valence electrons. The van der Waals surface area contributed by atoms with Gasteiger partial charge >= 0.3 is 0 Å². The van der Waals surface area contributed by atoms with E-state index in [9.17, 15) is 0 Å². The first-order valence-corrected chi connectivity index (χ1v) is 5.87. The Morgan fingerprint density at radius 2 is 1.88 bits per heavy atom. The number of rotatable bonds is 4. The van der Waals surface area contributed by atoms with Gasteiger partial charge in [-0.1, -0.05) is 42.5 Å². The smallest absolute Gasteiger partial charge is 0.0202 e. The van der Waals surface area contributed by atoms with Crippen LogP contribution in [0.4, 0.5) is 0 Å². The van der Waals surface area contributed by atoms with Crippen LogP contribution in [0.2, 0.25) is 0 Å². The first kappa shape index (κ1) is 11.8. The third-order valence-electron chi connectivity index (χ3n) is 2.86. The Labute approximate surface area is 102 Å². The highest BCUT2D eigenvalue weighted by atomic mass is 14.8. The fourth-order valence-electron chi connectivity index (χ4n) is 2.03. The molecule has 0 bridgehead atoms. The molecule has 0 aromatic heterocycles. The lowest BCUT2D eigenvalue weighted by Crippen LogP contribution is -2.05. The summed E-state index contributed by atoms with van der Waals surface area (Å²) in [5.74, 6) is 0. The molecule has 0 fully saturated rings. The highest BCUT2D eigenvalue weighted by Crippen LogP contribution is 2.24. The van der Waals surface area contributed by atoms with Gasteiger partial charge in [0, 0.05) is 13.1 Å². The maximum atomic E-state index is 5.77. The zero-order chi connectivity index (χ0) is 12.1. The lowest BCUT2D eigenvalue weighted by molar-refractivity contribution is 0.818. The summed E-state index contributed by atoms with van der Waals surface area (Å²) in [5, 5.41) is 3.17. The zero-order valence-electron chi connectivity index (χ0n) is 10.1. The average molecular weight is 226 g/mol. The Bertz CT molecular complexity index is 492. The van der Waals surface area contributed by atoms with Gasteiger partial charge in [0.25, 0.3) is 0 Å². The van der Waals surface area contributed by atoms with Crippen LogP contribution in [0.1, 0.15) is 11.1 Å². The summed E-state index contributed by atoms with van der Waals surface area (Å²) in [5.41, 5.74) is 10.7. The Morgan fingerprint density at radius 1 is 1.06 bits per heavy atom. The molecule has 0 spiro atoms. The summed E-state index contributed by atoms with van der Waals surface area (Å²) in [6.45, 7) is 1.46. The van der Waals surface area contributed by atoms with E-state index in [1.165, 1.54) is 22.3 Å². The van der Waals surface area contributed by atoms with E-state index in [0.29, 0.717) is 6.54 Å². The average Bonchev–Trinajstić information content (AvgIpc) is 2.39. The standard InChI is InChI=1S/C15H18N2/c1-17-11-12-5-4-7-13(9-12)15-8-3-2-6-14(15)10-16/h2-9,17H,10-11,16H2,1H3. The third-order valence-corrected chi connectivity index (χ3v) is 2.86. The van der Waals surface area contributed by atoms with Crippen LogP contribution in [0.3, 0.4) is 0 Å². The van der Waals surface area contributed by atoms with E-state index in [-0.39, 0.29) is 0 Å². The van der Waals surface area contributed by atoms with Gasteiger partial charge in [-0.05, 0) is 35.4 Å². The van der Waals surface area contributed by atoms with E-state index in [4.69, 9.17) is 5.73 Å². The molecule has 2 aromatic rings. The van der Waals surface area contributed by atoms with Gasteiger partial charge in [0.1, 0.15) is 0 Å². The van der Waals surface area contributed by atoms with E-state index in [0.717, 1.165) is 6.54 Å². The third kappa shape index (κ3) is 2.73. The van der Waals surface area contributed by atoms with Crippen LogP contribution < -0.4 is 11.1 Å². The Hall–Kier alpha value is -1.64. The summed E-state index contributed by atoms with van der Waals surface area (Å²) in [7, 11) is 1.96. The molecule has 0 aliphatic carbocycles. The number of nitrogens with one attached hydrogen (secondary N) is 1. The first-order valence-electron chi connectivity index (χ1n) is 5.87. The Morgan fingerprint density at radius 3 is 2.65 bits per heavy atom. The van der Waals surface area contributed by atoms with Crippen LogP contribution in [0.25, 0.3) is 11.1 Å². The lowest BCUT2D eigenvalue weighted by Gasteiger charge is -2.09. The van der Waals surface area contributed by atoms with Crippen LogP contribution in [-0.4, -0.2) is 7.05 Å². The van der Waals surface area contributed by atoms with Crippen LogP contribution in [0, 0.1) is 0 Å². The van der Waals surface area contributed by atoms with Crippen LogP contribution in [-0.2, 0) is 13.1 Å². The molecule has 3 N–H and O–H groups in total. The summed E-state index contributed by atoms with van der Waals surface area (Å²) in [6.07, 6.45) is 0. The van der Waals surface area contributed by atoms with Crippen molar-refractivity contribution in [2.24, 2.45) is 5.73 Å². The summed E-state index contributed by atoms with van der Waals surface area (Å²) >= 11 is 0. The van der Waals surface area contributed by atoms with E-state index in [2.05, 4.69) is 47.8 Å². The predicted octanol–water partition coefficient (Wildman–Crippen LogP) is 2.53. The largest absolute Gasteiger partial charge is 0.326 e. The number of nitrogens with two attached hydrogens (primary N) is 1. The fraction of sp³-hybridized carbons (Fsp3) is 0.200. The van der Waals surface area contributed by atoms with Gasteiger partial charge < -0.3 is 11.1 Å². The quantitative estimate of drug-likeness (QED) is 0.840. The van der Waals surface area contributed by atoms with Gasteiger partial charge in [0.05, 0.1) is 0 Å². The van der Waals surface area contributed by atoms with Crippen molar-refractivity contribution in [3.63, 3.8) is 0 Å². The van der Waals surface area contributed by atoms with Gasteiger partial charge in [0.2, 0.25) is 0 Å². The highest BCUT2D eigenvalue weighted by Gasteiger charge is 2.03. The normalized spacial score (nSPS) is 10.5. The molecule has 0 amide bonds. The lowest BCUT2D eigenvalue weighted by atomic mass is 9.98. The molecule has 0 saturated carbocycles. The van der Waals surface area contributed by atoms with E-state index >= 15 is 0 Å². The molecular weight excluding hydrogens is 208 g/mol. The molecule has 17 heavy (non-hydrogen) atoms. The first-order chi connectivity index (χ1) is 8.35. The SMILES string of the molecule is CNCc1cccc(-c2ccccc2CN)c1. The van der Waals surface area contributed by atoms with E-state index in [1.54, 1.807) is 0 Å². The molecule has 2 heteroatoms. The highest BCUT2D eigenvalue weighted by molar-refractivity contribution is 5.67. The monoisotopic (exact) mass is 226 g/mol. The van der Waals surface area contributed by atoms with Crippen molar-refractivity contribution in [3.8, 4) is 11.1 Å². The molecule has 0 heterocycles. The predicted molar refractivity (Wildman–Crippen MR) is 72.5 cm³/mol. The molecule has 0 unspecified atom stereocenters. The molecule has 0 saturated heterocycles. The van der Waals surface area contributed by atoms with E-state index < -0.39 is 0 Å². The van der Waals surface area contributed by atoms with Crippen molar-refractivity contribution in [1.29, 1.82) is 0 Å². The van der Waals surface area contributed by atoms with Gasteiger partial charge in [-0.25, -0.2) is 0 Å². The second-order valence-electron chi connectivity index (χ2n) is 4.09. The fourth-order valence-corrected chi connectivity index (χ4v) is 2.03. The van der Waals surface area contributed by atoms with Crippen molar-refractivity contribution in [2.45, 2.75) is 13.1 Å². The topological polar surface area (TPSA) is 38.0 Å². The van der Waals surface area contributed by atoms with Crippen molar-refractivity contribution in [2.75, 3.05) is 7.05 Å². The Balaban J connectivity index is 2.41. The second-order valence-corrected chi connectivity index (χ2v) is 4.09. The van der Waals surface area contributed by atoms with Crippen molar-refractivity contribution in [3.05, 3.63) is 59.7 Å². The van der Waals surface area contributed by atoms with Gasteiger partial charge in [-0.15, -0.1) is 0 Å². The number of hydrogen-bond acceptors (Lipinski definition) is 2. The van der Waals surface area contributed by atoms with E-state index in [1.807, 2.05) is 13.1 Å². The minimum Gasteiger partial charge on any atom is -0.326 e. The van der Waals surface area contributed by atoms with Crippen LogP contribution >= 0.6 is 0 Å². The maximum absolute atomic E-state index is 5.77. The van der Waals surface area contributed by atoms with Crippen LogP contribution in [0.15, 0.2) is 48.5 Å². The van der Waals surface area contributed by atoms with Crippen molar-refractivity contribution in [1.82, 2.24) is 5.32 Å². The van der Waals surface area contributed by atoms with Gasteiger partial charge in [0.15, 0.2) is 0 Å². The zero-order valence-corrected chi connectivity index (χ0v) is 10.1. The minimum atomic E-state index is 0.576. The molecule has 0 radical (unpaired) electrons. The Kier molecular flexibility index (Phi) is 3.91. The van der Waals surface area contributed by atoms with Gasteiger partial charge in [-0.2, -0.15) is 0 Å². The number of hydrogen-bond donors (Lipinski definition) is 2. The molecule has 2 nitrogen and oxygen atoms in total. The van der Waals surface area contributed by atoms with Crippen molar-refractivity contribution < 1.29 is 0 Å². The molecule has 2 aromatic carbocycles. The molecular formula is C15H18N2. The summed E-state index contributed by atoms with van der Waals surface area (Å²) in [6, 6.07) is 16.9. The van der Waals surface area contributed by atoms with Gasteiger partial charge in [-0.3, -0.25) is 0 Å². The van der Waals surface area contributed by atoms with Crippen LogP contribution in [0.5, 0.6) is 0 Å². The maximum Gasteiger partial charge on any atom is 0.0202 e.